The zero-order chi connectivity index (χ0) is 14.2. The van der Waals surface area contributed by atoms with Gasteiger partial charge in [-0.2, -0.15) is 0 Å². The Bertz CT molecular complexity index is 341. The van der Waals surface area contributed by atoms with Gasteiger partial charge in [-0.15, -0.1) is 0 Å². The standard InChI is InChI=1S/C11H25N3O3S/c1-9(2)6-10(8-12)7-11(15)14-4-5-18(16,17)13-3/h9-10,13H,4-8,12H2,1-3H3,(H,14,15). The summed E-state index contributed by atoms with van der Waals surface area (Å²) < 4.78 is 24.4. The first-order valence-corrected chi connectivity index (χ1v) is 7.84. The van der Waals surface area contributed by atoms with E-state index in [0.717, 1.165) is 6.42 Å². The molecule has 0 saturated heterocycles. The molecule has 0 aliphatic carbocycles. The van der Waals surface area contributed by atoms with Gasteiger partial charge in [-0.1, -0.05) is 13.8 Å². The van der Waals surface area contributed by atoms with Gasteiger partial charge in [-0.25, -0.2) is 13.1 Å². The zero-order valence-electron chi connectivity index (χ0n) is 11.4. The Morgan fingerprint density at radius 1 is 1.33 bits per heavy atom. The molecule has 7 heteroatoms. The number of carbonyl (C=O) groups is 1. The predicted octanol–water partition coefficient (Wildman–Crippen LogP) is -0.337. The van der Waals surface area contributed by atoms with Crippen molar-refractivity contribution in [2.24, 2.45) is 17.6 Å². The van der Waals surface area contributed by atoms with Gasteiger partial charge in [0.15, 0.2) is 0 Å². The maximum Gasteiger partial charge on any atom is 0.220 e. The van der Waals surface area contributed by atoms with Crippen LogP contribution >= 0.6 is 0 Å². The number of hydrogen-bond acceptors (Lipinski definition) is 4. The lowest BCUT2D eigenvalue weighted by Crippen LogP contribution is -2.34. The highest BCUT2D eigenvalue weighted by Crippen LogP contribution is 2.13. The maximum absolute atomic E-state index is 11.6. The van der Waals surface area contributed by atoms with Crippen molar-refractivity contribution in [2.75, 3.05) is 25.9 Å². The van der Waals surface area contributed by atoms with E-state index >= 15 is 0 Å². The molecule has 1 amide bonds. The number of sulfonamides is 1. The van der Waals surface area contributed by atoms with Crippen LogP contribution in [-0.2, 0) is 14.8 Å². The molecule has 18 heavy (non-hydrogen) atoms. The highest BCUT2D eigenvalue weighted by atomic mass is 32.2. The van der Waals surface area contributed by atoms with Gasteiger partial charge >= 0.3 is 0 Å². The van der Waals surface area contributed by atoms with Crippen LogP contribution in [0.2, 0.25) is 0 Å². The molecule has 1 atom stereocenters. The summed E-state index contributed by atoms with van der Waals surface area (Å²) in [6, 6.07) is 0. The largest absolute Gasteiger partial charge is 0.355 e. The van der Waals surface area contributed by atoms with Gasteiger partial charge in [-0.05, 0) is 31.8 Å². The summed E-state index contributed by atoms with van der Waals surface area (Å²) in [5.74, 6) is 0.409. The second-order valence-corrected chi connectivity index (χ2v) is 6.85. The van der Waals surface area contributed by atoms with Gasteiger partial charge in [0.1, 0.15) is 0 Å². The van der Waals surface area contributed by atoms with Crippen LogP contribution in [0.1, 0.15) is 26.7 Å². The first kappa shape index (κ1) is 17.3. The Labute approximate surface area is 110 Å². The highest BCUT2D eigenvalue weighted by molar-refractivity contribution is 7.89. The van der Waals surface area contributed by atoms with Gasteiger partial charge in [-0.3, -0.25) is 4.79 Å². The second-order valence-electron chi connectivity index (χ2n) is 4.81. The molecule has 0 radical (unpaired) electrons. The van der Waals surface area contributed by atoms with E-state index in [0.29, 0.717) is 18.9 Å². The Morgan fingerprint density at radius 3 is 2.39 bits per heavy atom. The number of nitrogens with two attached hydrogens (primary N) is 1. The lowest BCUT2D eigenvalue weighted by atomic mass is 9.94. The van der Waals surface area contributed by atoms with Crippen LogP contribution in [0.4, 0.5) is 0 Å². The maximum atomic E-state index is 11.6. The minimum atomic E-state index is -3.26. The fourth-order valence-electron chi connectivity index (χ4n) is 1.69. The van der Waals surface area contributed by atoms with Gasteiger partial charge in [0.25, 0.3) is 0 Å². The van der Waals surface area contributed by atoms with Crippen LogP contribution in [0.3, 0.4) is 0 Å². The van der Waals surface area contributed by atoms with E-state index in [2.05, 4.69) is 23.9 Å². The monoisotopic (exact) mass is 279 g/mol. The molecule has 0 heterocycles. The third-order valence-electron chi connectivity index (χ3n) is 2.62. The minimum absolute atomic E-state index is 0.104. The van der Waals surface area contributed by atoms with Crippen molar-refractivity contribution >= 4 is 15.9 Å². The summed E-state index contributed by atoms with van der Waals surface area (Å²) in [5.41, 5.74) is 5.60. The van der Waals surface area contributed by atoms with E-state index in [1.807, 2.05) is 0 Å². The average molecular weight is 279 g/mol. The number of rotatable bonds is 9. The van der Waals surface area contributed by atoms with Gasteiger partial charge in [0.2, 0.25) is 15.9 Å². The topological polar surface area (TPSA) is 101 Å². The van der Waals surface area contributed by atoms with E-state index in [9.17, 15) is 13.2 Å². The van der Waals surface area contributed by atoms with Crippen molar-refractivity contribution in [3.8, 4) is 0 Å². The molecular formula is C11H25N3O3S. The van der Waals surface area contributed by atoms with E-state index in [-0.39, 0.29) is 24.1 Å². The summed E-state index contributed by atoms with van der Waals surface area (Å²) in [6.07, 6.45) is 1.26. The summed E-state index contributed by atoms with van der Waals surface area (Å²) in [5, 5.41) is 2.60. The quantitative estimate of drug-likeness (QED) is 0.537. The van der Waals surface area contributed by atoms with Crippen LogP contribution < -0.4 is 15.8 Å². The molecule has 6 nitrogen and oxygen atoms in total. The smallest absolute Gasteiger partial charge is 0.220 e. The van der Waals surface area contributed by atoms with Crippen molar-refractivity contribution < 1.29 is 13.2 Å². The first-order valence-electron chi connectivity index (χ1n) is 6.18. The number of amides is 1. The number of carbonyl (C=O) groups excluding carboxylic acids is 1. The van der Waals surface area contributed by atoms with Gasteiger partial charge in [0, 0.05) is 13.0 Å². The molecule has 0 aromatic heterocycles. The molecule has 0 bridgehead atoms. The average Bonchev–Trinajstić information content (AvgIpc) is 2.27. The molecule has 0 aromatic rings. The van der Waals surface area contributed by atoms with Gasteiger partial charge in [0.05, 0.1) is 5.75 Å². The molecule has 1 unspecified atom stereocenters. The van der Waals surface area contributed by atoms with E-state index in [4.69, 9.17) is 5.73 Å². The predicted molar refractivity (Wildman–Crippen MR) is 72.5 cm³/mol. The fourth-order valence-corrected chi connectivity index (χ4v) is 2.27. The van der Waals surface area contributed by atoms with Crippen LogP contribution in [0, 0.1) is 11.8 Å². The number of nitrogens with one attached hydrogen (secondary N) is 2. The Morgan fingerprint density at radius 2 is 1.94 bits per heavy atom. The first-order chi connectivity index (χ1) is 8.30. The van der Waals surface area contributed by atoms with Crippen molar-refractivity contribution in [3.05, 3.63) is 0 Å². The van der Waals surface area contributed by atoms with Crippen molar-refractivity contribution in [2.45, 2.75) is 26.7 Å². The molecular weight excluding hydrogens is 254 g/mol. The van der Waals surface area contributed by atoms with Crippen LogP contribution in [-0.4, -0.2) is 40.2 Å². The Hall–Kier alpha value is -0.660. The summed E-state index contributed by atoms with van der Waals surface area (Å²) in [4.78, 5) is 11.6. The molecule has 0 aliphatic rings. The summed E-state index contributed by atoms with van der Waals surface area (Å²) in [7, 11) is -1.91. The fraction of sp³-hybridized carbons (Fsp3) is 0.909. The lowest BCUT2D eigenvalue weighted by molar-refractivity contribution is -0.121. The molecule has 0 aromatic carbocycles. The number of hydrogen-bond donors (Lipinski definition) is 3. The van der Waals surface area contributed by atoms with E-state index in [1.54, 1.807) is 0 Å². The van der Waals surface area contributed by atoms with Crippen molar-refractivity contribution in [3.63, 3.8) is 0 Å². The summed E-state index contributed by atoms with van der Waals surface area (Å²) >= 11 is 0. The van der Waals surface area contributed by atoms with Crippen molar-refractivity contribution in [1.82, 2.24) is 10.0 Å². The van der Waals surface area contributed by atoms with Crippen LogP contribution in [0.15, 0.2) is 0 Å². The second kappa shape index (κ2) is 8.44. The minimum Gasteiger partial charge on any atom is -0.355 e. The van der Waals surface area contributed by atoms with E-state index in [1.165, 1.54) is 7.05 Å². The normalized spacial score (nSPS) is 13.6. The van der Waals surface area contributed by atoms with E-state index < -0.39 is 10.0 Å². The molecule has 0 spiro atoms. The molecule has 0 aliphatic heterocycles. The zero-order valence-corrected chi connectivity index (χ0v) is 12.2. The molecule has 0 fully saturated rings. The Balaban J connectivity index is 3.96. The van der Waals surface area contributed by atoms with Gasteiger partial charge < -0.3 is 11.1 Å². The van der Waals surface area contributed by atoms with Crippen LogP contribution in [0.25, 0.3) is 0 Å². The molecule has 0 saturated carbocycles. The third-order valence-corrected chi connectivity index (χ3v) is 3.98. The highest BCUT2D eigenvalue weighted by Gasteiger charge is 2.14. The molecule has 4 N–H and O–H groups in total. The SMILES string of the molecule is CNS(=O)(=O)CCNC(=O)CC(CN)CC(C)C. The third kappa shape index (κ3) is 8.43. The Kier molecular flexibility index (Phi) is 8.13. The summed E-state index contributed by atoms with van der Waals surface area (Å²) in [6.45, 7) is 4.77. The molecule has 108 valence electrons. The lowest BCUT2D eigenvalue weighted by Gasteiger charge is -2.16. The molecule has 0 rings (SSSR count). The van der Waals surface area contributed by atoms with Crippen LogP contribution in [0.5, 0.6) is 0 Å². The van der Waals surface area contributed by atoms with Crippen molar-refractivity contribution in [1.29, 1.82) is 0 Å².